The van der Waals surface area contributed by atoms with E-state index in [1.165, 1.54) is 0 Å². The molecule has 0 aromatic carbocycles. The van der Waals surface area contributed by atoms with Crippen molar-refractivity contribution in [3.05, 3.63) is 0 Å². The number of aliphatic imine (C=N–C) groups is 1. The Labute approximate surface area is 48.1 Å². The van der Waals surface area contributed by atoms with E-state index in [9.17, 15) is 0 Å². The molecule has 0 amide bonds. The smallest absolute Gasteiger partial charge is 0.119 e. The third-order valence-corrected chi connectivity index (χ3v) is 0.520. The highest BCUT2D eigenvalue weighted by Crippen LogP contribution is 1.70. The van der Waals surface area contributed by atoms with Gasteiger partial charge in [-0.05, 0) is 6.92 Å². The molecule has 0 atom stereocenters. The van der Waals surface area contributed by atoms with Gasteiger partial charge < -0.3 is 11.5 Å². The van der Waals surface area contributed by atoms with Gasteiger partial charge in [0, 0.05) is 0 Å². The molecule has 5 N–H and O–H groups in total. The van der Waals surface area contributed by atoms with Crippen molar-refractivity contribution >= 4 is 11.7 Å². The van der Waals surface area contributed by atoms with Gasteiger partial charge in [0.2, 0.25) is 0 Å². The summed E-state index contributed by atoms with van der Waals surface area (Å²) >= 11 is 0. The summed E-state index contributed by atoms with van der Waals surface area (Å²) in [6, 6.07) is 0. The first-order chi connectivity index (χ1) is 3.66. The van der Waals surface area contributed by atoms with Crippen LogP contribution in [-0.2, 0) is 0 Å². The molecular weight excluding hydrogens is 104 g/mol. The first-order valence-electron chi connectivity index (χ1n) is 2.25. The fourth-order valence-electron chi connectivity index (χ4n) is 0.261. The van der Waals surface area contributed by atoms with Crippen LogP contribution in [0.5, 0.6) is 0 Å². The molecule has 4 heteroatoms. The normalized spacial score (nSPS) is 11.5. The minimum Gasteiger partial charge on any atom is -0.386 e. The molecule has 0 heterocycles. The van der Waals surface area contributed by atoms with Gasteiger partial charge in [0.05, 0.1) is 6.54 Å². The molecule has 0 aliphatic rings. The molecule has 0 spiro atoms. The monoisotopic (exact) mass is 114 g/mol. The van der Waals surface area contributed by atoms with E-state index < -0.39 is 0 Å². The van der Waals surface area contributed by atoms with Crippen LogP contribution in [0.25, 0.3) is 0 Å². The molecule has 0 saturated carbocycles. The van der Waals surface area contributed by atoms with Crippen molar-refractivity contribution in [2.45, 2.75) is 6.92 Å². The quantitative estimate of drug-likeness (QED) is 0.311. The first-order valence-corrected chi connectivity index (χ1v) is 2.25. The summed E-state index contributed by atoms with van der Waals surface area (Å²) in [7, 11) is 0. The number of rotatable bonds is 1. The van der Waals surface area contributed by atoms with Gasteiger partial charge in [0.1, 0.15) is 11.7 Å². The molecule has 0 fully saturated rings. The van der Waals surface area contributed by atoms with E-state index in [0.29, 0.717) is 5.84 Å². The molecule has 0 bridgehead atoms. The summed E-state index contributed by atoms with van der Waals surface area (Å²) in [6.07, 6.45) is 0. The third-order valence-electron chi connectivity index (χ3n) is 0.520. The van der Waals surface area contributed by atoms with E-state index in [1.54, 1.807) is 6.92 Å². The van der Waals surface area contributed by atoms with Gasteiger partial charge in [0.15, 0.2) is 0 Å². The van der Waals surface area contributed by atoms with Crippen LogP contribution in [0.1, 0.15) is 6.92 Å². The summed E-state index contributed by atoms with van der Waals surface area (Å²) in [5, 5.41) is 6.80. The maximum absolute atomic E-state index is 6.80. The van der Waals surface area contributed by atoms with Crippen molar-refractivity contribution in [3.63, 3.8) is 0 Å². The molecule has 0 aromatic heterocycles. The molecule has 0 unspecified atom stereocenters. The minimum atomic E-state index is 0.188. The summed E-state index contributed by atoms with van der Waals surface area (Å²) in [5.41, 5.74) is 10.2. The lowest BCUT2D eigenvalue weighted by Crippen LogP contribution is -2.23. The maximum Gasteiger partial charge on any atom is 0.119 e. The number of nitrogens with zero attached hydrogens (tertiary/aromatic N) is 1. The van der Waals surface area contributed by atoms with Gasteiger partial charge in [0.25, 0.3) is 0 Å². The molecule has 0 aliphatic carbocycles. The van der Waals surface area contributed by atoms with E-state index in [1.807, 2.05) is 0 Å². The van der Waals surface area contributed by atoms with Gasteiger partial charge in [-0.1, -0.05) is 0 Å². The molecule has 0 aromatic rings. The first kappa shape index (κ1) is 7.10. The Morgan fingerprint density at radius 2 is 2.25 bits per heavy atom. The SMILES string of the molecule is CC(=N)/N=C(\N)CN. The van der Waals surface area contributed by atoms with Crippen molar-refractivity contribution in [1.82, 2.24) is 0 Å². The van der Waals surface area contributed by atoms with Crippen LogP contribution in [0.3, 0.4) is 0 Å². The van der Waals surface area contributed by atoms with Gasteiger partial charge in [-0.15, -0.1) is 0 Å². The van der Waals surface area contributed by atoms with Crippen LogP contribution in [0, 0.1) is 5.41 Å². The van der Waals surface area contributed by atoms with E-state index in [2.05, 4.69) is 4.99 Å². The van der Waals surface area contributed by atoms with Crippen LogP contribution in [0.4, 0.5) is 0 Å². The fourth-order valence-corrected chi connectivity index (χ4v) is 0.261. The van der Waals surface area contributed by atoms with Crippen LogP contribution in [-0.4, -0.2) is 18.2 Å². The van der Waals surface area contributed by atoms with Gasteiger partial charge in [-0.2, -0.15) is 0 Å². The zero-order valence-corrected chi connectivity index (χ0v) is 4.81. The van der Waals surface area contributed by atoms with Crippen LogP contribution >= 0.6 is 0 Å². The minimum absolute atomic E-state index is 0.188. The zero-order chi connectivity index (χ0) is 6.57. The topological polar surface area (TPSA) is 88.2 Å². The highest BCUT2D eigenvalue weighted by Gasteiger charge is 1.84. The largest absolute Gasteiger partial charge is 0.386 e. The lowest BCUT2D eigenvalue weighted by atomic mass is 10.6. The summed E-state index contributed by atoms with van der Waals surface area (Å²) in [4.78, 5) is 3.55. The van der Waals surface area contributed by atoms with Gasteiger partial charge in [-0.25, -0.2) is 4.99 Å². The molecule has 0 rings (SSSR count). The maximum atomic E-state index is 6.80. The molecule has 0 radical (unpaired) electrons. The molecule has 4 nitrogen and oxygen atoms in total. The summed E-state index contributed by atoms with van der Waals surface area (Å²) in [6.45, 7) is 1.76. The predicted octanol–water partition coefficient (Wildman–Crippen LogP) is -0.701. The van der Waals surface area contributed by atoms with Crippen LogP contribution < -0.4 is 11.5 Å². The lowest BCUT2D eigenvalue weighted by molar-refractivity contribution is 1.26. The van der Waals surface area contributed by atoms with Crippen molar-refractivity contribution in [2.75, 3.05) is 6.54 Å². The van der Waals surface area contributed by atoms with Crippen LogP contribution in [0.2, 0.25) is 0 Å². The second kappa shape index (κ2) is 3.15. The predicted molar refractivity (Wildman–Crippen MR) is 34.1 cm³/mol. The number of hydrogen-bond donors (Lipinski definition) is 3. The number of nitrogens with one attached hydrogen (secondary N) is 1. The molecule has 0 aliphatic heterocycles. The Bertz CT molecular complexity index is 115. The van der Waals surface area contributed by atoms with Crippen molar-refractivity contribution < 1.29 is 0 Å². The average molecular weight is 114 g/mol. The molecule has 46 valence electrons. The average Bonchev–Trinajstić information content (AvgIpc) is 1.65. The number of hydrogen-bond acceptors (Lipinski definition) is 2. The Kier molecular flexibility index (Phi) is 2.79. The summed E-state index contributed by atoms with van der Waals surface area (Å²) < 4.78 is 0. The standard InChI is InChI=1S/C4H10N4/c1-3(6)8-4(7)2-5/h2,5H2,1H3,(H3,6,7,8). The van der Waals surface area contributed by atoms with Crippen molar-refractivity contribution in [3.8, 4) is 0 Å². The number of nitrogens with two attached hydrogens (primary N) is 2. The Morgan fingerprint density at radius 3 is 2.38 bits per heavy atom. The Hall–Kier alpha value is -0.900. The molecule has 8 heavy (non-hydrogen) atoms. The Balaban J connectivity index is 3.75. The second-order valence-corrected chi connectivity index (χ2v) is 1.39. The highest BCUT2D eigenvalue weighted by molar-refractivity contribution is 5.94. The van der Waals surface area contributed by atoms with Crippen molar-refractivity contribution in [1.29, 1.82) is 5.41 Å². The van der Waals surface area contributed by atoms with Crippen LogP contribution in [0.15, 0.2) is 4.99 Å². The lowest BCUT2D eigenvalue weighted by Gasteiger charge is -1.90. The van der Waals surface area contributed by atoms with Gasteiger partial charge in [-0.3, -0.25) is 5.41 Å². The van der Waals surface area contributed by atoms with E-state index in [-0.39, 0.29) is 12.4 Å². The summed E-state index contributed by atoms with van der Waals surface area (Å²) in [5.74, 6) is 0.491. The van der Waals surface area contributed by atoms with E-state index in [0.717, 1.165) is 0 Å². The highest BCUT2D eigenvalue weighted by atomic mass is 14.9. The zero-order valence-electron chi connectivity index (χ0n) is 4.81. The number of amidine groups is 2. The second-order valence-electron chi connectivity index (χ2n) is 1.39. The molecule has 0 saturated heterocycles. The fraction of sp³-hybridized carbons (Fsp3) is 0.500. The van der Waals surface area contributed by atoms with E-state index in [4.69, 9.17) is 16.9 Å². The molecular formula is C4H10N4. The Morgan fingerprint density at radius 1 is 1.75 bits per heavy atom. The van der Waals surface area contributed by atoms with E-state index >= 15 is 0 Å². The van der Waals surface area contributed by atoms with Crippen molar-refractivity contribution in [2.24, 2.45) is 16.5 Å². The third kappa shape index (κ3) is 3.30. The van der Waals surface area contributed by atoms with Gasteiger partial charge >= 0.3 is 0 Å².